The lowest BCUT2D eigenvalue weighted by molar-refractivity contribution is -0.137. The van der Waals surface area contributed by atoms with Crippen molar-refractivity contribution in [1.29, 1.82) is 0 Å². The average Bonchev–Trinajstić information content (AvgIpc) is 3.01. The van der Waals surface area contributed by atoms with Crippen LogP contribution in [0.1, 0.15) is 41.3 Å². The molecule has 1 N–H and O–H groups in total. The van der Waals surface area contributed by atoms with Gasteiger partial charge < -0.3 is 10.0 Å². The van der Waals surface area contributed by atoms with Crippen LogP contribution in [0.25, 0.3) is 0 Å². The van der Waals surface area contributed by atoms with E-state index in [2.05, 4.69) is 10.4 Å². The van der Waals surface area contributed by atoms with Crippen LogP contribution < -0.4 is 0 Å². The molecule has 0 unspecified atom stereocenters. The first kappa shape index (κ1) is 20.5. The van der Waals surface area contributed by atoms with Crippen LogP contribution in [0.3, 0.4) is 0 Å². The van der Waals surface area contributed by atoms with Gasteiger partial charge in [-0.1, -0.05) is 13.8 Å². The van der Waals surface area contributed by atoms with Crippen molar-refractivity contribution in [3.05, 3.63) is 45.9 Å². The fourth-order valence-electron chi connectivity index (χ4n) is 2.46. The molecule has 140 valence electrons. The van der Waals surface area contributed by atoms with Crippen molar-refractivity contribution in [1.82, 2.24) is 9.88 Å². The average molecular weight is 393 g/mol. The second-order valence-electron chi connectivity index (χ2n) is 6.46. The topological polar surface area (TPSA) is 70.5 Å². The number of carbonyl (C=O) groups excluding carboxylic acids is 1. The van der Waals surface area contributed by atoms with Gasteiger partial charge in [-0.15, -0.1) is 23.1 Å². The summed E-state index contributed by atoms with van der Waals surface area (Å²) in [6, 6.07) is 7.49. The van der Waals surface area contributed by atoms with E-state index in [4.69, 9.17) is 5.11 Å². The van der Waals surface area contributed by atoms with E-state index in [-0.39, 0.29) is 24.8 Å². The van der Waals surface area contributed by atoms with Gasteiger partial charge in [-0.3, -0.25) is 9.59 Å². The number of amides is 1. The fourth-order valence-corrected chi connectivity index (χ4v) is 3.96. The van der Waals surface area contributed by atoms with Crippen molar-refractivity contribution in [2.45, 2.75) is 37.8 Å². The highest BCUT2D eigenvalue weighted by Gasteiger charge is 2.18. The van der Waals surface area contributed by atoms with Gasteiger partial charge in [0.05, 0.1) is 17.1 Å². The minimum atomic E-state index is -0.893. The minimum Gasteiger partial charge on any atom is -0.481 e. The molecule has 0 bridgehead atoms. The molecule has 0 fully saturated rings. The normalized spacial score (nSPS) is 10.9. The fraction of sp³-hybridized carbons (Fsp3) is 0.421. The Hall–Kier alpha value is -1.86. The van der Waals surface area contributed by atoms with Crippen LogP contribution >= 0.6 is 23.1 Å². The number of carbonyl (C=O) groups is 2. The lowest BCUT2D eigenvalue weighted by Crippen LogP contribution is -2.35. The van der Waals surface area contributed by atoms with E-state index in [0.29, 0.717) is 12.1 Å². The number of aryl methyl sites for hydroxylation is 1. The quantitative estimate of drug-likeness (QED) is 0.644. The Balaban J connectivity index is 1.99. The summed E-state index contributed by atoms with van der Waals surface area (Å²) < 4.78 is 0. The summed E-state index contributed by atoms with van der Waals surface area (Å²) in [6.45, 7) is 6.80. The number of thiazole rings is 1. The molecule has 0 aliphatic rings. The number of aromatic nitrogens is 1. The molecule has 1 heterocycles. The van der Waals surface area contributed by atoms with Gasteiger partial charge in [-0.05, 0) is 37.1 Å². The lowest BCUT2D eigenvalue weighted by Gasteiger charge is -2.24. The highest BCUT2D eigenvalue weighted by Crippen LogP contribution is 2.24. The molecule has 0 spiro atoms. The van der Waals surface area contributed by atoms with Crippen LogP contribution in [0.5, 0.6) is 0 Å². The van der Waals surface area contributed by atoms with Gasteiger partial charge in [0.2, 0.25) is 0 Å². The van der Waals surface area contributed by atoms with Crippen molar-refractivity contribution in [2.75, 3.05) is 13.1 Å². The largest absolute Gasteiger partial charge is 0.481 e. The number of rotatable bonds is 9. The van der Waals surface area contributed by atoms with Crippen molar-refractivity contribution in [3.8, 4) is 0 Å². The molecule has 0 saturated heterocycles. The van der Waals surface area contributed by atoms with Crippen LogP contribution in [0.15, 0.2) is 34.5 Å². The molecule has 1 aromatic carbocycles. The van der Waals surface area contributed by atoms with Gasteiger partial charge in [-0.25, -0.2) is 4.98 Å². The van der Waals surface area contributed by atoms with Crippen LogP contribution in [0.2, 0.25) is 0 Å². The van der Waals surface area contributed by atoms with E-state index in [0.717, 1.165) is 21.3 Å². The van der Waals surface area contributed by atoms with Gasteiger partial charge in [0.15, 0.2) is 0 Å². The minimum absolute atomic E-state index is 0.0422. The van der Waals surface area contributed by atoms with E-state index in [9.17, 15) is 9.59 Å². The third-order valence-corrected chi connectivity index (χ3v) is 5.49. The predicted molar refractivity (Wildman–Crippen MR) is 106 cm³/mol. The molecular weight excluding hydrogens is 368 g/mol. The molecule has 0 radical (unpaired) electrons. The molecule has 1 amide bonds. The Kier molecular flexibility index (Phi) is 7.66. The number of thioether (sulfide) groups is 1. The number of hydrogen-bond acceptors (Lipinski definition) is 5. The zero-order valence-corrected chi connectivity index (χ0v) is 16.9. The van der Waals surface area contributed by atoms with Crippen LogP contribution in [0, 0.1) is 12.8 Å². The molecule has 0 atom stereocenters. The molecule has 26 heavy (non-hydrogen) atoms. The highest BCUT2D eigenvalue weighted by atomic mass is 32.2. The second kappa shape index (κ2) is 9.73. The Labute approximate surface area is 162 Å². The van der Waals surface area contributed by atoms with Crippen molar-refractivity contribution < 1.29 is 14.7 Å². The first-order valence-corrected chi connectivity index (χ1v) is 10.4. The summed E-state index contributed by atoms with van der Waals surface area (Å²) in [4.78, 5) is 30.7. The third kappa shape index (κ3) is 6.46. The Morgan fingerprint density at radius 2 is 1.96 bits per heavy atom. The zero-order valence-electron chi connectivity index (χ0n) is 15.3. The molecule has 2 rings (SSSR count). The maximum Gasteiger partial charge on any atom is 0.305 e. The first-order valence-electron chi connectivity index (χ1n) is 8.50. The third-order valence-electron chi connectivity index (χ3n) is 3.62. The van der Waals surface area contributed by atoms with Gasteiger partial charge in [0.1, 0.15) is 0 Å². The first-order chi connectivity index (χ1) is 12.3. The van der Waals surface area contributed by atoms with Crippen molar-refractivity contribution >= 4 is 35.0 Å². The number of benzene rings is 1. The molecule has 0 aliphatic heterocycles. The SMILES string of the molecule is Cc1nc(CSc2ccc(C(=O)N(CCC(=O)O)CC(C)C)cc2)cs1. The number of carboxylic acid groups (broad SMARTS) is 1. The predicted octanol–water partition coefficient (Wildman–Crippen LogP) is 4.32. The van der Waals surface area contributed by atoms with Gasteiger partial charge in [-0.2, -0.15) is 0 Å². The van der Waals surface area contributed by atoms with E-state index in [1.165, 1.54) is 0 Å². The number of nitrogens with zero attached hydrogens (tertiary/aromatic N) is 2. The Morgan fingerprint density at radius 3 is 2.50 bits per heavy atom. The summed E-state index contributed by atoms with van der Waals surface area (Å²) in [5.74, 6) is 0.0711. The van der Waals surface area contributed by atoms with Crippen LogP contribution in [0.4, 0.5) is 0 Å². The summed E-state index contributed by atoms with van der Waals surface area (Å²) in [5, 5.41) is 12.0. The Bertz CT molecular complexity index is 741. The van der Waals surface area contributed by atoms with Gasteiger partial charge >= 0.3 is 5.97 Å². The van der Waals surface area contributed by atoms with E-state index >= 15 is 0 Å². The summed E-state index contributed by atoms with van der Waals surface area (Å²) in [5.41, 5.74) is 1.65. The molecule has 2 aromatic rings. The number of carboxylic acids is 1. The smallest absolute Gasteiger partial charge is 0.305 e. The zero-order chi connectivity index (χ0) is 19.1. The van der Waals surface area contributed by atoms with Crippen LogP contribution in [-0.2, 0) is 10.5 Å². The second-order valence-corrected chi connectivity index (χ2v) is 8.57. The van der Waals surface area contributed by atoms with E-state index in [1.807, 2.05) is 45.0 Å². The van der Waals surface area contributed by atoms with E-state index in [1.54, 1.807) is 28.0 Å². The molecule has 0 aliphatic carbocycles. The van der Waals surface area contributed by atoms with E-state index < -0.39 is 5.97 Å². The van der Waals surface area contributed by atoms with Gasteiger partial charge in [0, 0.05) is 34.7 Å². The highest BCUT2D eigenvalue weighted by molar-refractivity contribution is 7.98. The van der Waals surface area contributed by atoms with Crippen LogP contribution in [-0.4, -0.2) is 40.0 Å². The number of aliphatic carboxylic acids is 1. The molecule has 5 nitrogen and oxygen atoms in total. The summed E-state index contributed by atoms with van der Waals surface area (Å²) >= 11 is 3.33. The van der Waals surface area contributed by atoms with Crippen molar-refractivity contribution in [3.63, 3.8) is 0 Å². The Morgan fingerprint density at radius 1 is 1.27 bits per heavy atom. The maximum absolute atomic E-state index is 12.7. The standard InChI is InChI=1S/C19H24N2O3S2/c1-13(2)10-21(9-8-18(22)23)19(24)15-4-6-17(7-5-15)26-12-16-11-25-14(3)20-16/h4-7,11,13H,8-10,12H2,1-3H3,(H,22,23). The molecule has 7 heteroatoms. The monoisotopic (exact) mass is 392 g/mol. The molecule has 0 saturated carbocycles. The van der Waals surface area contributed by atoms with Crippen molar-refractivity contribution in [2.24, 2.45) is 5.92 Å². The summed E-state index contributed by atoms with van der Waals surface area (Å²) in [7, 11) is 0. The molecule has 1 aromatic heterocycles. The van der Waals surface area contributed by atoms with Gasteiger partial charge in [0.25, 0.3) is 5.91 Å². The number of hydrogen-bond donors (Lipinski definition) is 1. The molecular formula is C19H24N2O3S2. The summed E-state index contributed by atoms with van der Waals surface area (Å²) in [6.07, 6.45) is -0.0422. The lowest BCUT2D eigenvalue weighted by atomic mass is 10.1. The maximum atomic E-state index is 12.7.